The Balaban J connectivity index is 1.24. The number of aryl methyl sites for hydroxylation is 2. The Hall–Kier alpha value is -2.43. The maximum Gasteiger partial charge on any atom is 0.228 e. The Kier molecular flexibility index (Phi) is 4.60. The highest BCUT2D eigenvalue weighted by Gasteiger charge is 2.61. The fourth-order valence-electron chi connectivity index (χ4n) is 7.82. The van der Waals surface area contributed by atoms with E-state index in [-0.39, 0.29) is 10.8 Å². The summed E-state index contributed by atoms with van der Waals surface area (Å²) in [7, 11) is 0. The standard InChI is InChI=1S/C27H34N4O/c1-19-4-5-23(12-20(19)2)26-14-21-13-22(15-26)17-27(16-21,18-26)24(32)30-8-10-31(11-9-30)25-28-6-3-7-29-25/h3-7,12,21-22H,8-11,13-18H2,1-2H3. The number of anilines is 1. The van der Waals surface area contributed by atoms with Crippen molar-refractivity contribution in [3.8, 4) is 0 Å². The third-order valence-electron chi connectivity index (χ3n) is 9.04. The number of nitrogens with zero attached hydrogens (tertiary/aromatic N) is 4. The van der Waals surface area contributed by atoms with Crippen LogP contribution in [0.1, 0.15) is 55.2 Å². The second-order valence-electron chi connectivity index (χ2n) is 11.1. The molecule has 2 atom stereocenters. The molecular weight excluding hydrogens is 396 g/mol. The second kappa shape index (κ2) is 7.29. The van der Waals surface area contributed by atoms with Gasteiger partial charge < -0.3 is 9.80 Å². The first-order valence-electron chi connectivity index (χ1n) is 12.4. The van der Waals surface area contributed by atoms with Gasteiger partial charge in [0.1, 0.15) is 0 Å². The molecule has 1 aliphatic heterocycles. The maximum absolute atomic E-state index is 14.1. The molecule has 2 heterocycles. The molecule has 1 saturated heterocycles. The fourth-order valence-corrected chi connectivity index (χ4v) is 7.82. The normalized spacial score (nSPS) is 33.6. The first kappa shape index (κ1) is 20.2. The monoisotopic (exact) mass is 430 g/mol. The SMILES string of the molecule is Cc1ccc(C23CC4CC(CC(C(=O)N5CCN(c6ncccn6)CC5)(C4)C2)C3)cc1C. The van der Waals surface area contributed by atoms with E-state index in [4.69, 9.17) is 0 Å². The second-order valence-corrected chi connectivity index (χ2v) is 11.1. The molecule has 168 valence electrons. The molecular formula is C27H34N4O. The number of aromatic nitrogens is 2. The van der Waals surface area contributed by atoms with Gasteiger partial charge in [-0.1, -0.05) is 18.2 Å². The van der Waals surface area contributed by atoms with Crippen LogP contribution in [-0.4, -0.2) is 47.0 Å². The number of benzene rings is 1. The van der Waals surface area contributed by atoms with Gasteiger partial charge in [0.05, 0.1) is 5.41 Å². The minimum Gasteiger partial charge on any atom is -0.339 e. The molecule has 4 saturated carbocycles. The summed E-state index contributed by atoms with van der Waals surface area (Å²) in [6.07, 6.45) is 10.7. The molecule has 32 heavy (non-hydrogen) atoms. The minimum atomic E-state index is -0.145. The number of carbonyl (C=O) groups excluding carboxylic acids is 1. The molecule has 0 radical (unpaired) electrons. The topological polar surface area (TPSA) is 49.3 Å². The minimum absolute atomic E-state index is 0.145. The molecule has 7 rings (SSSR count). The smallest absolute Gasteiger partial charge is 0.228 e. The van der Waals surface area contributed by atoms with Gasteiger partial charge >= 0.3 is 0 Å². The molecule has 1 aromatic carbocycles. The van der Waals surface area contributed by atoms with Gasteiger partial charge in [-0.15, -0.1) is 0 Å². The van der Waals surface area contributed by atoms with Gasteiger partial charge in [0, 0.05) is 38.6 Å². The van der Waals surface area contributed by atoms with Gasteiger partial charge in [0.25, 0.3) is 0 Å². The summed E-state index contributed by atoms with van der Waals surface area (Å²) in [4.78, 5) is 27.2. The summed E-state index contributed by atoms with van der Waals surface area (Å²) in [6, 6.07) is 8.94. The molecule has 1 amide bonds. The van der Waals surface area contributed by atoms with Crippen LogP contribution < -0.4 is 4.90 Å². The van der Waals surface area contributed by atoms with Crippen molar-refractivity contribution in [1.29, 1.82) is 0 Å². The van der Waals surface area contributed by atoms with Gasteiger partial charge in [-0.2, -0.15) is 0 Å². The zero-order valence-corrected chi connectivity index (χ0v) is 19.4. The largest absolute Gasteiger partial charge is 0.339 e. The zero-order chi connectivity index (χ0) is 21.9. The summed E-state index contributed by atoms with van der Waals surface area (Å²) in [5, 5.41) is 0. The third-order valence-corrected chi connectivity index (χ3v) is 9.04. The zero-order valence-electron chi connectivity index (χ0n) is 19.4. The number of hydrogen-bond acceptors (Lipinski definition) is 4. The lowest BCUT2D eigenvalue weighted by atomic mass is 9.42. The lowest BCUT2D eigenvalue weighted by Crippen LogP contribution is -2.61. The average Bonchev–Trinajstić information content (AvgIpc) is 2.80. The summed E-state index contributed by atoms with van der Waals surface area (Å²) in [5.74, 6) is 2.64. The molecule has 5 fully saturated rings. The predicted octanol–water partition coefficient (Wildman–Crippen LogP) is 4.28. The van der Waals surface area contributed by atoms with Crippen LogP contribution in [0.3, 0.4) is 0 Å². The fraction of sp³-hybridized carbons (Fsp3) is 0.593. The van der Waals surface area contributed by atoms with Crippen LogP contribution in [0, 0.1) is 31.1 Å². The van der Waals surface area contributed by atoms with E-state index in [1.807, 2.05) is 6.07 Å². The van der Waals surface area contributed by atoms with Crippen LogP contribution in [0.15, 0.2) is 36.7 Å². The summed E-state index contributed by atoms with van der Waals surface area (Å²) in [5.41, 5.74) is 4.31. The molecule has 5 nitrogen and oxygen atoms in total. The van der Waals surface area contributed by atoms with Crippen molar-refractivity contribution in [2.24, 2.45) is 17.3 Å². The Morgan fingerprint density at radius 3 is 2.28 bits per heavy atom. The highest BCUT2D eigenvalue weighted by Crippen LogP contribution is 2.66. The van der Waals surface area contributed by atoms with Crippen LogP contribution in [0.2, 0.25) is 0 Å². The molecule has 2 unspecified atom stereocenters. The van der Waals surface area contributed by atoms with Gasteiger partial charge in [-0.05, 0) is 92.4 Å². The Bertz CT molecular complexity index is 1010. The van der Waals surface area contributed by atoms with Crippen LogP contribution >= 0.6 is 0 Å². The van der Waals surface area contributed by atoms with E-state index < -0.39 is 0 Å². The highest BCUT2D eigenvalue weighted by atomic mass is 16.2. The summed E-state index contributed by atoms with van der Waals surface area (Å²) >= 11 is 0. The molecule has 4 aliphatic carbocycles. The van der Waals surface area contributed by atoms with Gasteiger partial charge in [-0.25, -0.2) is 9.97 Å². The van der Waals surface area contributed by atoms with Crippen molar-refractivity contribution in [3.63, 3.8) is 0 Å². The van der Waals surface area contributed by atoms with Crippen molar-refractivity contribution in [2.45, 2.75) is 57.8 Å². The first-order valence-corrected chi connectivity index (χ1v) is 12.4. The van der Waals surface area contributed by atoms with Gasteiger partial charge in [-0.3, -0.25) is 4.79 Å². The van der Waals surface area contributed by atoms with Gasteiger partial charge in [0.2, 0.25) is 11.9 Å². The highest BCUT2D eigenvalue weighted by molar-refractivity contribution is 5.84. The van der Waals surface area contributed by atoms with E-state index in [0.717, 1.165) is 51.4 Å². The van der Waals surface area contributed by atoms with Crippen molar-refractivity contribution in [1.82, 2.24) is 14.9 Å². The van der Waals surface area contributed by atoms with Crippen molar-refractivity contribution in [3.05, 3.63) is 53.3 Å². The number of rotatable bonds is 3. The molecule has 0 spiro atoms. The van der Waals surface area contributed by atoms with E-state index in [0.29, 0.717) is 17.7 Å². The lowest BCUT2D eigenvalue weighted by molar-refractivity contribution is -0.160. The van der Waals surface area contributed by atoms with E-state index in [2.05, 4.69) is 51.8 Å². The predicted molar refractivity (Wildman–Crippen MR) is 126 cm³/mol. The molecule has 2 aromatic rings. The van der Waals surface area contributed by atoms with Crippen LogP contribution in [-0.2, 0) is 10.2 Å². The van der Waals surface area contributed by atoms with E-state index >= 15 is 0 Å². The number of hydrogen-bond donors (Lipinski definition) is 0. The van der Waals surface area contributed by atoms with E-state index in [1.165, 1.54) is 36.0 Å². The van der Waals surface area contributed by atoms with Crippen LogP contribution in [0.5, 0.6) is 0 Å². The van der Waals surface area contributed by atoms with E-state index in [9.17, 15) is 4.79 Å². The van der Waals surface area contributed by atoms with Crippen LogP contribution in [0.25, 0.3) is 0 Å². The third kappa shape index (κ3) is 3.15. The lowest BCUT2D eigenvalue weighted by Gasteiger charge is -2.62. The quantitative estimate of drug-likeness (QED) is 0.729. The Morgan fingerprint density at radius 1 is 0.938 bits per heavy atom. The van der Waals surface area contributed by atoms with Crippen molar-refractivity contribution < 1.29 is 4.79 Å². The molecule has 4 bridgehead atoms. The molecule has 5 heteroatoms. The van der Waals surface area contributed by atoms with Crippen molar-refractivity contribution >= 4 is 11.9 Å². The Morgan fingerprint density at radius 2 is 1.62 bits per heavy atom. The van der Waals surface area contributed by atoms with Gasteiger partial charge in [0.15, 0.2) is 0 Å². The van der Waals surface area contributed by atoms with E-state index in [1.54, 1.807) is 12.4 Å². The molecule has 1 aromatic heterocycles. The molecule has 0 N–H and O–H groups in total. The summed E-state index contributed by atoms with van der Waals surface area (Å²) in [6.45, 7) is 7.64. The maximum atomic E-state index is 14.1. The van der Waals surface area contributed by atoms with Crippen LogP contribution in [0.4, 0.5) is 5.95 Å². The average molecular weight is 431 g/mol. The number of piperazine rings is 1. The Labute approximate surface area is 191 Å². The molecule has 5 aliphatic rings. The number of carbonyl (C=O) groups is 1. The summed E-state index contributed by atoms with van der Waals surface area (Å²) < 4.78 is 0. The van der Waals surface area contributed by atoms with Crippen molar-refractivity contribution in [2.75, 3.05) is 31.1 Å². The first-order chi connectivity index (χ1) is 15.5. The number of amides is 1.